The van der Waals surface area contributed by atoms with Crippen LogP contribution >= 0.6 is 0 Å². The fraction of sp³-hybridized carbons (Fsp3) is 0.292. The van der Waals surface area contributed by atoms with E-state index in [0.29, 0.717) is 6.42 Å². The molecule has 0 aliphatic carbocycles. The molecule has 1 amide bonds. The second-order valence-corrected chi connectivity index (χ2v) is 7.00. The molecule has 30 heavy (non-hydrogen) atoms. The van der Waals surface area contributed by atoms with Crippen LogP contribution in [0.5, 0.6) is 0 Å². The standard InChI is InChI=1S/C24H27N3O3/c1-3-19-9-8-10-20(4-2)24(19)26-22(28)17-30-23(29)14-13-18-15-25-27(16-18)21-11-6-5-7-12-21/h5-12,15-16H,3-4,13-14,17H2,1-2H3,(H,26,28). The fourth-order valence-electron chi connectivity index (χ4n) is 3.25. The number of benzene rings is 2. The van der Waals surface area contributed by atoms with Crippen molar-refractivity contribution < 1.29 is 14.3 Å². The predicted octanol–water partition coefficient (Wildman–Crippen LogP) is 4.11. The van der Waals surface area contributed by atoms with Gasteiger partial charge in [-0.05, 0) is 48.1 Å². The van der Waals surface area contributed by atoms with Gasteiger partial charge in [-0.25, -0.2) is 4.68 Å². The molecule has 0 atom stereocenters. The molecule has 156 valence electrons. The molecular formula is C24H27N3O3. The first-order valence-corrected chi connectivity index (χ1v) is 10.3. The highest BCUT2D eigenvalue weighted by atomic mass is 16.5. The molecular weight excluding hydrogens is 378 g/mol. The van der Waals surface area contributed by atoms with Crippen LogP contribution in [0.25, 0.3) is 5.69 Å². The van der Waals surface area contributed by atoms with Crippen molar-refractivity contribution in [2.75, 3.05) is 11.9 Å². The van der Waals surface area contributed by atoms with Gasteiger partial charge in [-0.3, -0.25) is 9.59 Å². The molecule has 0 fully saturated rings. The van der Waals surface area contributed by atoms with Gasteiger partial charge in [0.2, 0.25) is 0 Å². The van der Waals surface area contributed by atoms with Crippen LogP contribution in [0.3, 0.4) is 0 Å². The number of nitrogens with one attached hydrogen (secondary N) is 1. The van der Waals surface area contributed by atoms with Crippen LogP contribution in [-0.2, 0) is 33.6 Å². The van der Waals surface area contributed by atoms with Crippen molar-refractivity contribution in [1.29, 1.82) is 0 Å². The second kappa shape index (κ2) is 10.4. The van der Waals surface area contributed by atoms with Gasteiger partial charge < -0.3 is 10.1 Å². The van der Waals surface area contributed by atoms with E-state index in [1.165, 1.54) is 0 Å². The van der Waals surface area contributed by atoms with Gasteiger partial charge in [0.15, 0.2) is 6.61 Å². The summed E-state index contributed by atoms with van der Waals surface area (Å²) < 4.78 is 6.93. The Balaban J connectivity index is 1.47. The molecule has 6 nitrogen and oxygen atoms in total. The van der Waals surface area contributed by atoms with Crippen LogP contribution in [0.2, 0.25) is 0 Å². The van der Waals surface area contributed by atoms with Crippen molar-refractivity contribution in [3.8, 4) is 5.69 Å². The van der Waals surface area contributed by atoms with Gasteiger partial charge in [-0.2, -0.15) is 5.10 Å². The van der Waals surface area contributed by atoms with Crippen LogP contribution in [0, 0.1) is 0 Å². The van der Waals surface area contributed by atoms with E-state index in [4.69, 9.17) is 4.74 Å². The molecule has 6 heteroatoms. The number of para-hydroxylation sites is 2. The lowest BCUT2D eigenvalue weighted by Crippen LogP contribution is -2.22. The molecule has 0 saturated heterocycles. The van der Waals surface area contributed by atoms with Gasteiger partial charge in [-0.1, -0.05) is 50.2 Å². The normalized spacial score (nSPS) is 10.6. The highest BCUT2D eigenvalue weighted by Gasteiger charge is 2.13. The molecule has 0 spiro atoms. The molecule has 3 rings (SSSR count). The maximum Gasteiger partial charge on any atom is 0.306 e. The zero-order valence-electron chi connectivity index (χ0n) is 17.4. The summed E-state index contributed by atoms with van der Waals surface area (Å²) in [5, 5.41) is 7.22. The minimum Gasteiger partial charge on any atom is -0.456 e. The van der Waals surface area contributed by atoms with E-state index in [0.717, 1.165) is 40.9 Å². The van der Waals surface area contributed by atoms with Crippen LogP contribution in [0.4, 0.5) is 5.69 Å². The Kier molecular flexibility index (Phi) is 7.38. The molecule has 0 unspecified atom stereocenters. The first kappa shape index (κ1) is 21.3. The summed E-state index contributed by atoms with van der Waals surface area (Å²) in [6.07, 6.45) is 5.97. The number of carbonyl (C=O) groups excluding carboxylic acids is 2. The predicted molar refractivity (Wildman–Crippen MR) is 117 cm³/mol. The minimum atomic E-state index is -0.405. The van der Waals surface area contributed by atoms with Crippen molar-refractivity contribution in [3.63, 3.8) is 0 Å². The van der Waals surface area contributed by atoms with Crippen molar-refractivity contribution in [2.24, 2.45) is 0 Å². The number of aryl methyl sites for hydroxylation is 3. The van der Waals surface area contributed by atoms with Gasteiger partial charge in [-0.15, -0.1) is 0 Å². The van der Waals surface area contributed by atoms with E-state index < -0.39 is 5.97 Å². The molecule has 2 aromatic carbocycles. The third kappa shape index (κ3) is 5.56. The van der Waals surface area contributed by atoms with Crippen molar-refractivity contribution in [2.45, 2.75) is 39.5 Å². The van der Waals surface area contributed by atoms with Gasteiger partial charge in [0.25, 0.3) is 5.91 Å². The number of amides is 1. The number of nitrogens with zero attached hydrogens (tertiary/aromatic N) is 2. The van der Waals surface area contributed by atoms with Crippen LogP contribution < -0.4 is 5.32 Å². The molecule has 0 radical (unpaired) electrons. The maximum absolute atomic E-state index is 12.3. The third-order valence-corrected chi connectivity index (χ3v) is 4.90. The highest BCUT2D eigenvalue weighted by molar-refractivity contribution is 5.94. The summed E-state index contributed by atoms with van der Waals surface area (Å²) in [4.78, 5) is 24.4. The number of aromatic nitrogens is 2. The van der Waals surface area contributed by atoms with Gasteiger partial charge >= 0.3 is 5.97 Å². The summed E-state index contributed by atoms with van der Waals surface area (Å²) in [5.41, 5.74) is 4.87. The van der Waals surface area contributed by atoms with E-state index in [2.05, 4.69) is 10.4 Å². The summed E-state index contributed by atoms with van der Waals surface area (Å²) in [7, 11) is 0. The first-order chi connectivity index (χ1) is 14.6. The number of hydrogen-bond acceptors (Lipinski definition) is 4. The molecule has 0 bridgehead atoms. The van der Waals surface area contributed by atoms with E-state index in [-0.39, 0.29) is 18.9 Å². The van der Waals surface area contributed by atoms with Crippen molar-refractivity contribution in [3.05, 3.63) is 77.6 Å². The van der Waals surface area contributed by atoms with Gasteiger partial charge in [0.05, 0.1) is 11.9 Å². The number of hydrogen-bond donors (Lipinski definition) is 1. The first-order valence-electron chi connectivity index (χ1n) is 10.3. The Morgan fingerprint density at radius 3 is 2.37 bits per heavy atom. The zero-order valence-corrected chi connectivity index (χ0v) is 17.4. The summed E-state index contributed by atoms with van der Waals surface area (Å²) >= 11 is 0. The lowest BCUT2D eigenvalue weighted by Gasteiger charge is -2.14. The van der Waals surface area contributed by atoms with E-state index in [9.17, 15) is 9.59 Å². The topological polar surface area (TPSA) is 73.2 Å². The van der Waals surface area contributed by atoms with Crippen LogP contribution in [0.15, 0.2) is 60.9 Å². The number of rotatable bonds is 9. The molecule has 3 aromatic rings. The highest BCUT2D eigenvalue weighted by Crippen LogP contribution is 2.22. The Morgan fingerprint density at radius 1 is 1.00 bits per heavy atom. The molecule has 1 aromatic heterocycles. The van der Waals surface area contributed by atoms with Crippen molar-refractivity contribution in [1.82, 2.24) is 9.78 Å². The van der Waals surface area contributed by atoms with Gasteiger partial charge in [0.1, 0.15) is 0 Å². The molecule has 0 saturated carbocycles. The Hall–Kier alpha value is -3.41. The summed E-state index contributed by atoms with van der Waals surface area (Å²) in [5.74, 6) is -0.729. The lowest BCUT2D eigenvalue weighted by atomic mass is 10.0. The summed E-state index contributed by atoms with van der Waals surface area (Å²) in [6, 6.07) is 15.8. The average molecular weight is 405 g/mol. The Bertz CT molecular complexity index is 974. The van der Waals surface area contributed by atoms with E-state index in [1.54, 1.807) is 10.9 Å². The number of anilines is 1. The molecule has 0 aliphatic rings. The molecule has 1 N–H and O–H groups in total. The second-order valence-electron chi connectivity index (χ2n) is 7.00. The number of carbonyl (C=O) groups is 2. The van der Waals surface area contributed by atoms with E-state index >= 15 is 0 Å². The quantitative estimate of drug-likeness (QED) is 0.544. The smallest absolute Gasteiger partial charge is 0.306 e. The minimum absolute atomic E-state index is 0.194. The van der Waals surface area contributed by atoms with Crippen LogP contribution in [-0.4, -0.2) is 28.3 Å². The lowest BCUT2D eigenvalue weighted by molar-refractivity contribution is -0.147. The van der Waals surface area contributed by atoms with Crippen molar-refractivity contribution >= 4 is 17.6 Å². The average Bonchev–Trinajstić information content (AvgIpc) is 3.26. The Morgan fingerprint density at radius 2 is 1.70 bits per heavy atom. The SMILES string of the molecule is CCc1cccc(CC)c1NC(=O)COC(=O)CCc1cnn(-c2ccccc2)c1. The Labute approximate surface area is 176 Å². The monoisotopic (exact) mass is 405 g/mol. The van der Waals surface area contributed by atoms with Gasteiger partial charge in [0, 0.05) is 18.3 Å². The number of ether oxygens (including phenoxy) is 1. The zero-order chi connectivity index (χ0) is 21.3. The largest absolute Gasteiger partial charge is 0.456 e. The van der Waals surface area contributed by atoms with Crippen LogP contribution in [0.1, 0.15) is 37.0 Å². The third-order valence-electron chi connectivity index (χ3n) is 4.90. The number of esters is 1. The molecule has 1 heterocycles. The van der Waals surface area contributed by atoms with E-state index in [1.807, 2.05) is 68.6 Å². The maximum atomic E-state index is 12.3. The molecule has 0 aliphatic heterocycles. The summed E-state index contributed by atoms with van der Waals surface area (Å²) in [6.45, 7) is 3.80. The fourth-order valence-corrected chi connectivity index (χ4v) is 3.25.